The van der Waals surface area contributed by atoms with E-state index in [4.69, 9.17) is 17.3 Å². The number of nitrogens with two attached hydrogens (primary N) is 1. The van der Waals surface area contributed by atoms with Crippen LogP contribution in [0.25, 0.3) is 11.3 Å². The van der Waals surface area contributed by atoms with Gasteiger partial charge in [-0.1, -0.05) is 30.7 Å². The van der Waals surface area contributed by atoms with Crippen molar-refractivity contribution < 1.29 is 9.59 Å². The van der Waals surface area contributed by atoms with E-state index in [0.717, 1.165) is 24.0 Å². The zero-order valence-corrected chi connectivity index (χ0v) is 16.8. The molecule has 8 heteroatoms. The molecule has 7 nitrogen and oxygen atoms in total. The van der Waals surface area contributed by atoms with Gasteiger partial charge in [0.15, 0.2) is 0 Å². The zero-order valence-electron chi connectivity index (χ0n) is 16.0. The third-order valence-electron chi connectivity index (χ3n) is 5.66. The minimum absolute atomic E-state index is 0.0975. The highest BCUT2D eigenvalue weighted by Gasteiger charge is 2.32. The molecule has 3 N–H and O–H groups in total. The molecule has 2 aromatic rings. The van der Waals surface area contributed by atoms with E-state index in [0.29, 0.717) is 47.5 Å². The van der Waals surface area contributed by atoms with Gasteiger partial charge in [0.25, 0.3) is 5.91 Å². The van der Waals surface area contributed by atoms with Gasteiger partial charge in [0.2, 0.25) is 0 Å². The van der Waals surface area contributed by atoms with Crippen LogP contribution < -0.4 is 11.1 Å². The molecule has 2 aliphatic rings. The van der Waals surface area contributed by atoms with Gasteiger partial charge in [0.1, 0.15) is 5.69 Å². The second-order valence-electron chi connectivity index (χ2n) is 7.87. The SMILES string of the molecule is Cc1ccc(-c2nn3c(c2C(N)=O)CN(C(=O)NC2CC(C)C2)CC3)cc1Cl. The van der Waals surface area contributed by atoms with Crippen molar-refractivity contribution in [3.8, 4) is 11.3 Å². The number of aromatic nitrogens is 2. The monoisotopic (exact) mass is 401 g/mol. The van der Waals surface area contributed by atoms with Crippen molar-refractivity contribution in [1.29, 1.82) is 0 Å². The van der Waals surface area contributed by atoms with Gasteiger partial charge < -0.3 is 16.0 Å². The summed E-state index contributed by atoms with van der Waals surface area (Å²) in [5, 5.41) is 8.28. The summed E-state index contributed by atoms with van der Waals surface area (Å²) < 4.78 is 1.78. The van der Waals surface area contributed by atoms with Crippen LogP contribution >= 0.6 is 11.6 Å². The number of rotatable bonds is 3. The third kappa shape index (κ3) is 3.35. The molecule has 1 aliphatic heterocycles. The maximum atomic E-state index is 12.6. The van der Waals surface area contributed by atoms with E-state index in [1.807, 2.05) is 19.1 Å². The highest BCUT2D eigenvalue weighted by Crippen LogP contribution is 2.31. The lowest BCUT2D eigenvalue weighted by Gasteiger charge is -2.36. The molecular weight excluding hydrogens is 378 g/mol. The molecule has 4 rings (SSSR count). The fourth-order valence-electron chi connectivity index (χ4n) is 3.98. The summed E-state index contributed by atoms with van der Waals surface area (Å²) in [5.41, 5.74) is 8.92. The Bertz CT molecular complexity index is 948. The van der Waals surface area contributed by atoms with Gasteiger partial charge in [-0.25, -0.2) is 4.79 Å². The molecule has 28 heavy (non-hydrogen) atoms. The van der Waals surface area contributed by atoms with E-state index >= 15 is 0 Å². The Morgan fingerprint density at radius 2 is 2.04 bits per heavy atom. The smallest absolute Gasteiger partial charge is 0.318 e. The number of hydrogen-bond acceptors (Lipinski definition) is 3. The summed E-state index contributed by atoms with van der Waals surface area (Å²) in [5.74, 6) is 0.112. The Kier molecular flexibility index (Phi) is 4.79. The van der Waals surface area contributed by atoms with Crippen molar-refractivity contribution in [1.82, 2.24) is 20.0 Å². The maximum Gasteiger partial charge on any atom is 0.318 e. The Labute approximate surface area is 168 Å². The summed E-state index contributed by atoms with van der Waals surface area (Å²) in [6.45, 7) is 5.45. The van der Waals surface area contributed by atoms with Gasteiger partial charge >= 0.3 is 6.03 Å². The summed E-state index contributed by atoms with van der Waals surface area (Å²) >= 11 is 6.25. The van der Waals surface area contributed by atoms with Gasteiger partial charge in [-0.15, -0.1) is 0 Å². The fraction of sp³-hybridized carbons (Fsp3) is 0.450. The van der Waals surface area contributed by atoms with Crippen LogP contribution in [0.15, 0.2) is 18.2 Å². The normalized spacial score (nSPS) is 21.0. The van der Waals surface area contributed by atoms with Crippen LogP contribution in [0.2, 0.25) is 5.02 Å². The van der Waals surface area contributed by atoms with Crippen LogP contribution in [0, 0.1) is 12.8 Å². The number of aryl methyl sites for hydroxylation is 1. The highest BCUT2D eigenvalue weighted by atomic mass is 35.5. The molecule has 0 atom stereocenters. The summed E-state index contributed by atoms with van der Waals surface area (Å²) in [4.78, 5) is 26.6. The molecule has 1 fully saturated rings. The minimum Gasteiger partial charge on any atom is -0.365 e. The largest absolute Gasteiger partial charge is 0.365 e. The number of halogens is 1. The molecule has 0 unspecified atom stereocenters. The molecule has 2 heterocycles. The summed E-state index contributed by atoms with van der Waals surface area (Å²) in [7, 11) is 0. The van der Waals surface area contributed by atoms with E-state index < -0.39 is 5.91 Å². The second kappa shape index (κ2) is 7.13. The van der Waals surface area contributed by atoms with E-state index in [-0.39, 0.29) is 12.1 Å². The molecule has 1 saturated carbocycles. The van der Waals surface area contributed by atoms with E-state index in [1.165, 1.54) is 0 Å². The molecule has 1 aliphatic carbocycles. The molecule has 1 aromatic heterocycles. The molecule has 0 spiro atoms. The third-order valence-corrected chi connectivity index (χ3v) is 6.07. The van der Waals surface area contributed by atoms with Crippen LogP contribution in [-0.4, -0.2) is 39.2 Å². The number of urea groups is 1. The lowest BCUT2D eigenvalue weighted by molar-refractivity contribution is 0.0997. The van der Waals surface area contributed by atoms with E-state index in [9.17, 15) is 9.59 Å². The summed E-state index contributed by atoms with van der Waals surface area (Å²) in [6.07, 6.45) is 2.03. The number of nitrogens with one attached hydrogen (secondary N) is 1. The van der Waals surface area contributed by atoms with Crippen molar-refractivity contribution in [2.45, 2.75) is 45.8 Å². The standard InChI is InChI=1S/C20H24ClN5O2/c1-11-7-14(8-11)23-20(28)25-5-6-26-16(10-25)17(19(22)27)18(24-26)13-4-3-12(2)15(21)9-13/h3-4,9,11,14H,5-8,10H2,1-2H3,(H2,22,27)(H,23,28). The Balaban J connectivity index is 1.62. The Morgan fingerprint density at radius 3 is 2.68 bits per heavy atom. The van der Waals surface area contributed by atoms with E-state index in [1.54, 1.807) is 15.6 Å². The Hall–Kier alpha value is -2.54. The summed E-state index contributed by atoms with van der Waals surface area (Å²) in [6, 6.07) is 5.71. The van der Waals surface area contributed by atoms with Crippen molar-refractivity contribution in [2.24, 2.45) is 11.7 Å². The number of primary amides is 1. The second-order valence-corrected chi connectivity index (χ2v) is 8.27. The van der Waals surface area contributed by atoms with Crippen LogP contribution in [0.4, 0.5) is 4.79 Å². The fourth-order valence-corrected chi connectivity index (χ4v) is 4.16. The maximum absolute atomic E-state index is 12.6. The first kappa shape index (κ1) is 18.8. The van der Waals surface area contributed by atoms with Crippen LogP contribution in [-0.2, 0) is 13.1 Å². The quantitative estimate of drug-likeness (QED) is 0.827. The predicted octanol–water partition coefficient (Wildman–Crippen LogP) is 2.93. The van der Waals surface area contributed by atoms with Gasteiger partial charge in [-0.2, -0.15) is 5.10 Å². The number of carbonyl (C=O) groups excluding carboxylic acids is 2. The number of carbonyl (C=O) groups is 2. The first-order valence-electron chi connectivity index (χ1n) is 9.55. The lowest BCUT2D eigenvalue weighted by Crippen LogP contribution is -2.51. The molecule has 3 amide bonds. The number of nitrogens with zero attached hydrogens (tertiary/aromatic N) is 3. The van der Waals surface area contributed by atoms with Gasteiger partial charge in [-0.3, -0.25) is 9.48 Å². The number of fused-ring (bicyclic) bond motifs is 1. The Morgan fingerprint density at radius 1 is 1.29 bits per heavy atom. The van der Waals surface area contributed by atoms with Crippen molar-refractivity contribution in [3.05, 3.63) is 40.0 Å². The molecule has 0 saturated heterocycles. The van der Waals surface area contributed by atoms with Crippen LogP contribution in [0.1, 0.15) is 41.4 Å². The topological polar surface area (TPSA) is 93.2 Å². The molecular formula is C20H24ClN5O2. The van der Waals surface area contributed by atoms with Gasteiger partial charge in [0.05, 0.1) is 24.3 Å². The van der Waals surface area contributed by atoms with Crippen molar-refractivity contribution in [2.75, 3.05) is 6.54 Å². The van der Waals surface area contributed by atoms with Gasteiger partial charge in [0, 0.05) is 23.2 Å². The zero-order chi connectivity index (χ0) is 20.0. The van der Waals surface area contributed by atoms with Crippen LogP contribution in [0.5, 0.6) is 0 Å². The molecule has 148 valence electrons. The number of hydrogen-bond donors (Lipinski definition) is 2. The average molecular weight is 402 g/mol. The van der Waals surface area contributed by atoms with Gasteiger partial charge in [-0.05, 0) is 37.3 Å². The van der Waals surface area contributed by atoms with E-state index in [2.05, 4.69) is 17.3 Å². The number of benzene rings is 1. The molecule has 1 aromatic carbocycles. The number of amides is 3. The average Bonchev–Trinajstić information content (AvgIpc) is 3.01. The van der Waals surface area contributed by atoms with Crippen molar-refractivity contribution in [3.63, 3.8) is 0 Å². The van der Waals surface area contributed by atoms with Crippen LogP contribution in [0.3, 0.4) is 0 Å². The highest BCUT2D eigenvalue weighted by molar-refractivity contribution is 6.31. The molecule has 0 radical (unpaired) electrons. The predicted molar refractivity (Wildman–Crippen MR) is 107 cm³/mol. The first-order valence-corrected chi connectivity index (χ1v) is 9.92. The first-order chi connectivity index (χ1) is 13.3. The van der Waals surface area contributed by atoms with Crippen molar-refractivity contribution >= 4 is 23.5 Å². The lowest BCUT2D eigenvalue weighted by atomic mass is 9.82. The minimum atomic E-state index is -0.553. The molecule has 0 bridgehead atoms.